The lowest BCUT2D eigenvalue weighted by Crippen LogP contribution is -2.08. The molecular formula is C13H14BrN3O2. The Morgan fingerprint density at radius 1 is 1.32 bits per heavy atom. The van der Waals surface area contributed by atoms with Crippen LogP contribution in [0.3, 0.4) is 0 Å². The maximum atomic E-state index is 11.0. The summed E-state index contributed by atoms with van der Waals surface area (Å²) in [7, 11) is 0. The molecule has 0 unspecified atom stereocenters. The fourth-order valence-corrected chi connectivity index (χ4v) is 3.19. The normalized spacial score (nSPS) is 16.9. The second-order valence-corrected chi connectivity index (χ2v) is 5.67. The number of carboxylic acids is 1. The van der Waals surface area contributed by atoms with Gasteiger partial charge in [-0.2, -0.15) is 5.10 Å². The minimum Gasteiger partial charge on any atom is -0.476 e. The second kappa shape index (κ2) is 4.92. The molecule has 0 bridgehead atoms. The van der Waals surface area contributed by atoms with Crippen molar-refractivity contribution >= 4 is 27.5 Å². The number of nitrogens with zero attached hydrogens (tertiary/aromatic N) is 3. The molecule has 1 saturated carbocycles. The van der Waals surface area contributed by atoms with Gasteiger partial charge in [0.2, 0.25) is 0 Å². The van der Waals surface area contributed by atoms with Crippen LogP contribution in [-0.4, -0.2) is 25.7 Å². The zero-order valence-corrected chi connectivity index (χ0v) is 11.9. The lowest BCUT2D eigenvalue weighted by Gasteiger charge is -2.20. The van der Waals surface area contributed by atoms with Gasteiger partial charge in [-0.3, -0.25) is 0 Å². The zero-order valence-electron chi connectivity index (χ0n) is 10.3. The van der Waals surface area contributed by atoms with E-state index in [0.29, 0.717) is 16.2 Å². The Morgan fingerprint density at radius 2 is 2.05 bits per heavy atom. The first-order valence-corrected chi connectivity index (χ1v) is 7.24. The lowest BCUT2D eigenvalue weighted by molar-refractivity contribution is 0.0690. The van der Waals surface area contributed by atoms with Crippen LogP contribution >= 0.6 is 15.9 Å². The van der Waals surface area contributed by atoms with Crippen molar-refractivity contribution in [3.05, 3.63) is 28.1 Å². The highest BCUT2D eigenvalue weighted by molar-refractivity contribution is 9.10. The van der Waals surface area contributed by atoms with Crippen LogP contribution in [0.15, 0.2) is 16.7 Å². The highest BCUT2D eigenvalue weighted by Gasteiger charge is 2.20. The van der Waals surface area contributed by atoms with Crippen molar-refractivity contribution in [3.63, 3.8) is 0 Å². The molecule has 0 amide bonds. The van der Waals surface area contributed by atoms with Crippen molar-refractivity contribution < 1.29 is 9.90 Å². The van der Waals surface area contributed by atoms with Crippen LogP contribution < -0.4 is 0 Å². The predicted molar refractivity (Wildman–Crippen MR) is 73.5 cm³/mol. The Labute approximate surface area is 118 Å². The third kappa shape index (κ3) is 2.25. The average molecular weight is 324 g/mol. The maximum absolute atomic E-state index is 11.0. The topological polar surface area (TPSA) is 67.5 Å². The maximum Gasteiger partial charge on any atom is 0.357 e. The molecule has 1 fully saturated rings. The van der Waals surface area contributed by atoms with Gasteiger partial charge in [-0.25, -0.2) is 14.3 Å². The van der Waals surface area contributed by atoms with Crippen LogP contribution in [0.1, 0.15) is 54.2 Å². The van der Waals surface area contributed by atoms with Crippen LogP contribution in [0.4, 0.5) is 0 Å². The molecule has 0 saturated heterocycles. The van der Waals surface area contributed by atoms with Crippen LogP contribution in [0, 0.1) is 0 Å². The van der Waals surface area contributed by atoms with Crippen molar-refractivity contribution in [3.8, 4) is 0 Å². The standard InChI is InChI=1S/C13H14BrN3O2/c14-12-11(13(18)19)15-10-7-6-9(16-17(10)12)8-4-2-1-3-5-8/h6-8H,1-5H2,(H,18,19). The summed E-state index contributed by atoms with van der Waals surface area (Å²) >= 11 is 3.27. The number of carboxylic acid groups (broad SMARTS) is 1. The fourth-order valence-electron chi connectivity index (χ4n) is 2.67. The second-order valence-electron chi connectivity index (χ2n) is 4.92. The van der Waals surface area contributed by atoms with Crippen molar-refractivity contribution in [2.24, 2.45) is 0 Å². The molecule has 0 aromatic carbocycles. The summed E-state index contributed by atoms with van der Waals surface area (Å²) in [5, 5.41) is 13.6. The number of hydrogen-bond donors (Lipinski definition) is 1. The fraction of sp³-hybridized carbons (Fsp3) is 0.462. The van der Waals surface area contributed by atoms with Crippen LogP contribution in [0.5, 0.6) is 0 Å². The summed E-state index contributed by atoms with van der Waals surface area (Å²) in [6, 6.07) is 3.81. The average Bonchev–Trinajstić information content (AvgIpc) is 2.77. The van der Waals surface area contributed by atoms with E-state index in [1.165, 1.54) is 19.3 Å². The Balaban J connectivity index is 2.04. The number of fused-ring (bicyclic) bond motifs is 1. The number of aromatic carboxylic acids is 1. The number of aromatic nitrogens is 3. The minimum atomic E-state index is -1.04. The number of halogens is 1. The van der Waals surface area contributed by atoms with Crippen molar-refractivity contribution in [2.45, 2.75) is 38.0 Å². The first kappa shape index (κ1) is 12.6. The predicted octanol–water partition coefficient (Wildman–Crippen LogP) is 3.24. The molecule has 0 aliphatic heterocycles. The van der Waals surface area contributed by atoms with E-state index in [9.17, 15) is 4.79 Å². The molecular weight excluding hydrogens is 310 g/mol. The molecule has 19 heavy (non-hydrogen) atoms. The summed E-state index contributed by atoms with van der Waals surface area (Å²) in [6.45, 7) is 0. The third-order valence-corrected chi connectivity index (χ3v) is 4.38. The van der Waals surface area contributed by atoms with E-state index in [-0.39, 0.29) is 5.69 Å². The number of rotatable bonds is 2. The zero-order chi connectivity index (χ0) is 13.4. The van der Waals surface area contributed by atoms with E-state index < -0.39 is 5.97 Å². The number of carbonyl (C=O) groups is 1. The monoisotopic (exact) mass is 323 g/mol. The van der Waals surface area contributed by atoms with E-state index in [0.717, 1.165) is 18.5 Å². The Bertz CT molecular complexity index is 632. The molecule has 1 aliphatic carbocycles. The van der Waals surface area contributed by atoms with Gasteiger partial charge in [-0.1, -0.05) is 19.3 Å². The molecule has 2 aromatic heterocycles. The van der Waals surface area contributed by atoms with Gasteiger partial charge in [0.25, 0.3) is 0 Å². The summed E-state index contributed by atoms with van der Waals surface area (Å²) in [5.41, 5.74) is 1.60. The van der Waals surface area contributed by atoms with Gasteiger partial charge in [0.05, 0.1) is 5.69 Å². The number of hydrogen-bond acceptors (Lipinski definition) is 3. The molecule has 1 aliphatic rings. The first-order valence-electron chi connectivity index (χ1n) is 6.45. The van der Waals surface area contributed by atoms with Gasteiger partial charge < -0.3 is 5.11 Å². The SMILES string of the molecule is O=C(O)c1nc2ccc(C3CCCCC3)nn2c1Br. The van der Waals surface area contributed by atoms with Gasteiger partial charge in [0.1, 0.15) is 4.60 Å². The summed E-state index contributed by atoms with van der Waals surface area (Å²) in [5.74, 6) is -0.558. The van der Waals surface area contributed by atoms with Crippen LogP contribution in [0.25, 0.3) is 5.65 Å². The van der Waals surface area contributed by atoms with Gasteiger partial charge in [0, 0.05) is 5.92 Å². The molecule has 6 heteroatoms. The number of imidazole rings is 1. The van der Waals surface area contributed by atoms with E-state index in [1.807, 2.05) is 12.1 Å². The van der Waals surface area contributed by atoms with E-state index in [1.54, 1.807) is 4.52 Å². The quantitative estimate of drug-likeness (QED) is 0.921. The Kier molecular flexibility index (Phi) is 3.26. The summed E-state index contributed by atoms with van der Waals surface area (Å²) in [6.07, 6.45) is 6.12. The van der Waals surface area contributed by atoms with Gasteiger partial charge in [-0.05, 0) is 40.9 Å². The van der Waals surface area contributed by atoms with Gasteiger partial charge in [0.15, 0.2) is 11.3 Å². The Morgan fingerprint density at radius 3 is 2.74 bits per heavy atom. The van der Waals surface area contributed by atoms with E-state index in [4.69, 9.17) is 5.11 Å². The smallest absolute Gasteiger partial charge is 0.357 e. The van der Waals surface area contributed by atoms with Gasteiger partial charge in [-0.15, -0.1) is 0 Å². The summed E-state index contributed by atoms with van der Waals surface area (Å²) < 4.78 is 1.99. The molecule has 0 spiro atoms. The van der Waals surface area contributed by atoms with Crippen LogP contribution in [0.2, 0.25) is 0 Å². The van der Waals surface area contributed by atoms with Gasteiger partial charge >= 0.3 is 5.97 Å². The van der Waals surface area contributed by atoms with Crippen LogP contribution in [-0.2, 0) is 0 Å². The molecule has 1 N–H and O–H groups in total. The van der Waals surface area contributed by atoms with E-state index >= 15 is 0 Å². The highest BCUT2D eigenvalue weighted by atomic mass is 79.9. The minimum absolute atomic E-state index is 0.00768. The Hall–Kier alpha value is -1.43. The van der Waals surface area contributed by atoms with Crippen molar-refractivity contribution in [1.29, 1.82) is 0 Å². The largest absolute Gasteiger partial charge is 0.476 e. The third-order valence-electron chi connectivity index (χ3n) is 3.67. The van der Waals surface area contributed by atoms with Crippen molar-refractivity contribution in [1.82, 2.24) is 14.6 Å². The lowest BCUT2D eigenvalue weighted by atomic mass is 9.87. The van der Waals surface area contributed by atoms with E-state index in [2.05, 4.69) is 26.0 Å². The molecule has 3 rings (SSSR count). The highest BCUT2D eigenvalue weighted by Crippen LogP contribution is 2.31. The molecule has 100 valence electrons. The molecule has 2 aromatic rings. The molecule has 2 heterocycles. The molecule has 0 radical (unpaired) electrons. The summed E-state index contributed by atoms with van der Waals surface area (Å²) in [4.78, 5) is 15.1. The molecule has 5 nitrogen and oxygen atoms in total. The molecule has 0 atom stereocenters. The van der Waals surface area contributed by atoms with Crippen molar-refractivity contribution in [2.75, 3.05) is 0 Å². The first-order chi connectivity index (χ1) is 9.16.